The average molecular weight is 252 g/mol. The van der Waals surface area contributed by atoms with Crippen LogP contribution in [0.1, 0.15) is 29.8 Å². The summed E-state index contributed by atoms with van der Waals surface area (Å²) in [6, 6.07) is 0. The molecule has 94 valence electrons. The third kappa shape index (κ3) is 1.97. The Morgan fingerprint density at radius 1 is 1.24 bits per heavy atom. The van der Waals surface area contributed by atoms with Crippen LogP contribution in [0, 0.1) is 25.7 Å². The van der Waals surface area contributed by atoms with Crippen molar-refractivity contribution in [2.24, 2.45) is 11.8 Å². The van der Waals surface area contributed by atoms with E-state index in [4.69, 9.17) is 0 Å². The molecule has 1 aromatic heterocycles. The smallest absolute Gasteiger partial charge is 0.185 e. The van der Waals surface area contributed by atoms with Crippen LogP contribution in [0.4, 0.5) is 5.13 Å². The molecule has 3 rings (SSSR count). The number of aliphatic hydroxyl groups is 1. The maximum Gasteiger partial charge on any atom is 0.185 e. The number of hydrogen-bond donors (Lipinski definition) is 1. The van der Waals surface area contributed by atoms with Gasteiger partial charge >= 0.3 is 0 Å². The summed E-state index contributed by atoms with van der Waals surface area (Å²) >= 11 is 1.79. The summed E-state index contributed by atoms with van der Waals surface area (Å²) in [6.45, 7) is 6.19. The lowest BCUT2D eigenvalue weighted by atomic mass is 9.75. The molecule has 2 atom stereocenters. The molecule has 0 amide bonds. The van der Waals surface area contributed by atoms with Crippen molar-refractivity contribution in [3.05, 3.63) is 10.6 Å². The number of anilines is 1. The van der Waals surface area contributed by atoms with E-state index in [1.54, 1.807) is 11.3 Å². The number of aromatic nitrogens is 1. The highest BCUT2D eigenvalue weighted by Gasteiger charge is 2.39. The average Bonchev–Trinajstić information content (AvgIpc) is 2.58. The van der Waals surface area contributed by atoms with Gasteiger partial charge in [0.25, 0.3) is 0 Å². The minimum atomic E-state index is -0.0674. The van der Waals surface area contributed by atoms with Gasteiger partial charge in [-0.15, -0.1) is 11.3 Å². The number of thiazole rings is 1. The zero-order valence-electron chi connectivity index (χ0n) is 10.5. The Morgan fingerprint density at radius 2 is 1.88 bits per heavy atom. The highest BCUT2D eigenvalue weighted by atomic mass is 32.1. The molecule has 17 heavy (non-hydrogen) atoms. The maximum atomic E-state index is 10.2. The van der Waals surface area contributed by atoms with Gasteiger partial charge in [0.1, 0.15) is 0 Å². The Balaban J connectivity index is 1.81. The van der Waals surface area contributed by atoms with Crippen molar-refractivity contribution in [3.8, 4) is 0 Å². The van der Waals surface area contributed by atoms with Crippen molar-refractivity contribution in [2.75, 3.05) is 18.0 Å². The number of nitrogens with zero attached hydrogens (tertiary/aromatic N) is 2. The standard InChI is InChI=1S/C13H20N2OS/c1-8-9(2)17-13(14-8)15-6-10-4-3-5-11(7-15)12(10)16/h10-12,16H,3-7H2,1-2H3. The van der Waals surface area contributed by atoms with Crippen LogP contribution >= 0.6 is 11.3 Å². The first kappa shape index (κ1) is 11.5. The van der Waals surface area contributed by atoms with Crippen LogP contribution in [0.2, 0.25) is 0 Å². The van der Waals surface area contributed by atoms with E-state index in [2.05, 4.69) is 23.7 Å². The first-order chi connectivity index (χ1) is 8.15. The number of piperidine rings is 1. The van der Waals surface area contributed by atoms with E-state index in [1.165, 1.54) is 24.1 Å². The van der Waals surface area contributed by atoms with Crippen LogP contribution in [0.25, 0.3) is 0 Å². The van der Waals surface area contributed by atoms with Gasteiger partial charge in [0.15, 0.2) is 5.13 Å². The Kier molecular flexibility index (Phi) is 2.87. The van der Waals surface area contributed by atoms with Gasteiger partial charge in [-0.1, -0.05) is 6.42 Å². The topological polar surface area (TPSA) is 36.4 Å². The second-order valence-corrected chi connectivity index (χ2v) is 6.67. The summed E-state index contributed by atoms with van der Waals surface area (Å²) in [6.07, 6.45) is 3.58. The zero-order chi connectivity index (χ0) is 12.0. The van der Waals surface area contributed by atoms with E-state index in [1.807, 2.05) is 0 Å². The van der Waals surface area contributed by atoms with Crippen LogP contribution in [-0.4, -0.2) is 29.3 Å². The van der Waals surface area contributed by atoms with Crippen LogP contribution in [0.3, 0.4) is 0 Å². The van der Waals surface area contributed by atoms with Crippen molar-refractivity contribution in [3.63, 3.8) is 0 Å². The normalized spacial score (nSPS) is 32.9. The number of hydrogen-bond acceptors (Lipinski definition) is 4. The molecule has 1 aliphatic heterocycles. The molecular formula is C13H20N2OS. The van der Waals surface area contributed by atoms with Crippen LogP contribution in [0.15, 0.2) is 0 Å². The molecule has 2 fully saturated rings. The van der Waals surface area contributed by atoms with Crippen molar-refractivity contribution < 1.29 is 5.11 Å². The van der Waals surface area contributed by atoms with Crippen LogP contribution in [-0.2, 0) is 0 Å². The van der Waals surface area contributed by atoms with Gasteiger partial charge in [-0.05, 0) is 26.7 Å². The van der Waals surface area contributed by atoms with Crippen molar-refractivity contribution in [2.45, 2.75) is 39.2 Å². The predicted octanol–water partition coefficient (Wildman–Crippen LogP) is 2.36. The Hall–Kier alpha value is -0.610. The van der Waals surface area contributed by atoms with Crippen molar-refractivity contribution in [1.82, 2.24) is 4.98 Å². The largest absolute Gasteiger partial charge is 0.392 e. The van der Waals surface area contributed by atoms with E-state index in [9.17, 15) is 5.11 Å². The Morgan fingerprint density at radius 3 is 2.41 bits per heavy atom. The Labute approximate surface area is 106 Å². The molecule has 1 N–H and O–H groups in total. The molecule has 1 aliphatic carbocycles. The summed E-state index contributed by atoms with van der Waals surface area (Å²) in [5.74, 6) is 0.930. The molecule has 2 aliphatic rings. The molecule has 2 heterocycles. The molecule has 2 unspecified atom stereocenters. The molecule has 1 saturated carbocycles. The zero-order valence-corrected chi connectivity index (χ0v) is 11.3. The fourth-order valence-electron chi connectivity index (χ4n) is 3.16. The first-order valence-corrected chi connectivity index (χ1v) is 7.34. The SMILES string of the molecule is Cc1nc(N2CC3CCCC(C2)C3O)sc1C. The molecule has 0 radical (unpaired) electrons. The van der Waals surface area contributed by atoms with Crippen molar-refractivity contribution in [1.29, 1.82) is 0 Å². The third-order valence-corrected chi connectivity index (χ3v) is 5.45. The van der Waals surface area contributed by atoms with E-state index in [0.717, 1.165) is 23.9 Å². The highest BCUT2D eigenvalue weighted by molar-refractivity contribution is 7.15. The Bertz CT molecular complexity index is 384. The molecule has 0 spiro atoms. The second-order valence-electron chi connectivity index (χ2n) is 5.48. The van der Waals surface area contributed by atoms with E-state index >= 15 is 0 Å². The van der Waals surface area contributed by atoms with E-state index in [-0.39, 0.29) is 6.10 Å². The summed E-state index contributed by atoms with van der Waals surface area (Å²) < 4.78 is 0. The van der Waals surface area contributed by atoms with Gasteiger partial charge in [0.2, 0.25) is 0 Å². The van der Waals surface area contributed by atoms with Crippen LogP contribution in [0.5, 0.6) is 0 Å². The fraction of sp³-hybridized carbons (Fsp3) is 0.769. The van der Waals surface area contributed by atoms with Gasteiger partial charge in [0, 0.05) is 29.8 Å². The van der Waals surface area contributed by atoms with E-state index < -0.39 is 0 Å². The second kappa shape index (κ2) is 4.25. The van der Waals surface area contributed by atoms with Gasteiger partial charge in [-0.3, -0.25) is 0 Å². The molecule has 3 nitrogen and oxygen atoms in total. The molecule has 1 aromatic rings. The van der Waals surface area contributed by atoms with Gasteiger partial charge < -0.3 is 10.0 Å². The fourth-order valence-corrected chi connectivity index (χ4v) is 4.08. The predicted molar refractivity (Wildman–Crippen MR) is 70.6 cm³/mol. The summed E-state index contributed by atoms with van der Waals surface area (Å²) in [5, 5.41) is 11.3. The number of aryl methyl sites for hydroxylation is 2. The van der Waals surface area contributed by atoms with Gasteiger partial charge in [-0.25, -0.2) is 4.98 Å². The minimum absolute atomic E-state index is 0.0674. The number of aliphatic hydroxyl groups excluding tert-OH is 1. The van der Waals surface area contributed by atoms with Crippen LogP contribution < -0.4 is 4.90 Å². The monoisotopic (exact) mass is 252 g/mol. The molecule has 1 saturated heterocycles. The van der Waals surface area contributed by atoms with Gasteiger partial charge in [-0.2, -0.15) is 0 Å². The molecule has 4 heteroatoms. The molecule has 2 bridgehead atoms. The summed E-state index contributed by atoms with van der Waals surface area (Å²) in [5.41, 5.74) is 1.15. The molecule has 0 aromatic carbocycles. The quantitative estimate of drug-likeness (QED) is 0.833. The first-order valence-electron chi connectivity index (χ1n) is 6.52. The van der Waals surface area contributed by atoms with E-state index in [0.29, 0.717) is 11.8 Å². The lowest BCUT2D eigenvalue weighted by Crippen LogP contribution is -2.51. The minimum Gasteiger partial charge on any atom is -0.392 e. The summed E-state index contributed by atoms with van der Waals surface area (Å²) in [4.78, 5) is 8.36. The summed E-state index contributed by atoms with van der Waals surface area (Å²) in [7, 11) is 0. The highest BCUT2D eigenvalue weighted by Crippen LogP contribution is 2.38. The van der Waals surface area contributed by atoms with Gasteiger partial charge in [0.05, 0.1) is 11.8 Å². The lowest BCUT2D eigenvalue weighted by Gasteiger charge is -2.45. The third-order valence-electron chi connectivity index (χ3n) is 4.31. The van der Waals surface area contributed by atoms with Crippen molar-refractivity contribution >= 4 is 16.5 Å². The number of fused-ring (bicyclic) bond motifs is 2. The molecular weight excluding hydrogens is 232 g/mol. The lowest BCUT2D eigenvalue weighted by molar-refractivity contribution is 0.00598. The maximum absolute atomic E-state index is 10.2. The number of rotatable bonds is 1.